The highest BCUT2D eigenvalue weighted by atomic mass is 35.5. The van der Waals surface area contributed by atoms with Crippen LogP contribution in [0, 0.1) is 0 Å². The zero-order valence-electron chi connectivity index (χ0n) is 14.3. The third kappa shape index (κ3) is 3.61. The number of carbonyl (C=O) groups is 1. The molecule has 6 heteroatoms. The van der Waals surface area contributed by atoms with Crippen molar-refractivity contribution in [3.05, 3.63) is 59.0 Å². The number of anilines is 1. The van der Waals surface area contributed by atoms with Crippen LogP contribution in [0.2, 0.25) is 5.02 Å². The van der Waals surface area contributed by atoms with E-state index in [0.29, 0.717) is 40.8 Å². The number of fused-ring (bicyclic) bond motifs is 1. The molecule has 2 aromatic heterocycles. The number of hydrogen-bond donors (Lipinski definition) is 1. The summed E-state index contributed by atoms with van der Waals surface area (Å²) in [6.07, 6.45) is 3.25. The number of halogens is 1. The van der Waals surface area contributed by atoms with E-state index in [2.05, 4.69) is 10.3 Å². The SMILES string of the molecule is CCCOc1ccccc1NC(=O)c1c(CC)nc2ccc(Cl)cn12. The molecule has 25 heavy (non-hydrogen) atoms. The molecule has 0 unspecified atom stereocenters. The minimum Gasteiger partial charge on any atom is -0.491 e. The number of nitrogens with zero attached hydrogens (tertiary/aromatic N) is 2. The molecular weight excluding hydrogens is 338 g/mol. The van der Waals surface area contributed by atoms with Crippen molar-refractivity contribution in [3.8, 4) is 5.75 Å². The van der Waals surface area contributed by atoms with Crippen LogP contribution in [0.4, 0.5) is 5.69 Å². The topological polar surface area (TPSA) is 55.6 Å². The van der Waals surface area contributed by atoms with Gasteiger partial charge >= 0.3 is 0 Å². The first-order valence-electron chi connectivity index (χ1n) is 8.33. The summed E-state index contributed by atoms with van der Waals surface area (Å²) >= 11 is 6.09. The predicted molar refractivity (Wildman–Crippen MR) is 99.8 cm³/mol. The molecule has 0 bridgehead atoms. The normalized spacial score (nSPS) is 10.8. The lowest BCUT2D eigenvalue weighted by Gasteiger charge is -2.12. The third-order valence-corrected chi connectivity index (χ3v) is 4.03. The van der Waals surface area contributed by atoms with Crippen LogP contribution in [0.5, 0.6) is 5.75 Å². The van der Waals surface area contributed by atoms with Gasteiger partial charge in [-0.15, -0.1) is 0 Å². The van der Waals surface area contributed by atoms with E-state index in [4.69, 9.17) is 16.3 Å². The highest BCUT2D eigenvalue weighted by molar-refractivity contribution is 6.30. The highest BCUT2D eigenvalue weighted by Crippen LogP contribution is 2.25. The highest BCUT2D eigenvalue weighted by Gasteiger charge is 2.19. The maximum Gasteiger partial charge on any atom is 0.274 e. The Bertz CT molecular complexity index is 905. The average molecular weight is 358 g/mol. The summed E-state index contributed by atoms with van der Waals surface area (Å²) < 4.78 is 7.44. The monoisotopic (exact) mass is 357 g/mol. The maximum atomic E-state index is 12.9. The van der Waals surface area contributed by atoms with Crippen molar-refractivity contribution in [1.29, 1.82) is 0 Å². The number of benzene rings is 1. The van der Waals surface area contributed by atoms with E-state index in [1.54, 1.807) is 22.7 Å². The summed E-state index contributed by atoms with van der Waals surface area (Å²) in [5, 5.41) is 3.49. The van der Waals surface area contributed by atoms with E-state index >= 15 is 0 Å². The average Bonchev–Trinajstić information content (AvgIpc) is 2.98. The Hall–Kier alpha value is -2.53. The first kappa shape index (κ1) is 17.3. The lowest BCUT2D eigenvalue weighted by atomic mass is 10.2. The van der Waals surface area contributed by atoms with Crippen LogP contribution in [0.1, 0.15) is 36.5 Å². The van der Waals surface area contributed by atoms with Crippen LogP contribution in [-0.2, 0) is 6.42 Å². The molecule has 130 valence electrons. The number of pyridine rings is 1. The number of para-hydroxylation sites is 2. The number of imidazole rings is 1. The van der Waals surface area contributed by atoms with Crippen molar-refractivity contribution in [1.82, 2.24) is 9.38 Å². The summed E-state index contributed by atoms with van der Waals surface area (Å²) in [6, 6.07) is 11.0. The summed E-state index contributed by atoms with van der Waals surface area (Å²) in [7, 11) is 0. The molecule has 0 aliphatic rings. The molecule has 0 saturated carbocycles. The molecule has 0 aliphatic heterocycles. The molecule has 3 aromatic rings. The fourth-order valence-corrected chi connectivity index (χ4v) is 2.80. The van der Waals surface area contributed by atoms with Gasteiger partial charge in [-0.05, 0) is 37.1 Å². The number of aromatic nitrogens is 2. The fourth-order valence-electron chi connectivity index (χ4n) is 2.64. The van der Waals surface area contributed by atoms with E-state index in [1.807, 2.05) is 38.1 Å². The summed E-state index contributed by atoms with van der Waals surface area (Å²) in [4.78, 5) is 17.5. The summed E-state index contributed by atoms with van der Waals surface area (Å²) in [6.45, 7) is 4.60. The first-order chi connectivity index (χ1) is 12.1. The molecule has 0 atom stereocenters. The van der Waals surface area contributed by atoms with Gasteiger partial charge < -0.3 is 10.1 Å². The smallest absolute Gasteiger partial charge is 0.274 e. The van der Waals surface area contributed by atoms with Gasteiger partial charge in [0.05, 0.1) is 23.0 Å². The van der Waals surface area contributed by atoms with Crippen molar-refractivity contribution >= 4 is 28.8 Å². The second-order valence-corrected chi connectivity index (χ2v) is 6.07. The van der Waals surface area contributed by atoms with Gasteiger partial charge in [0, 0.05) is 6.20 Å². The lowest BCUT2D eigenvalue weighted by Crippen LogP contribution is -2.17. The van der Waals surface area contributed by atoms with Crippen LogP contribution in [0.15, 0.2) is 42.6 Å². The Morgan fingerprint density at radius 2 is 2.04 bits per heavy atom. The Balaban J connectivity index is 1.97. The minimum absolute atomic E-state index is 0.237. The second-order valence-electron chi connectivity index (χ2n) is 5.63. The number of aryl methyl sites for hydroxylation is 1. The standard InChI is InChI=1S/C19H20ClN3O2/c1-3-11-25-16-8-6-5-7-15(16)22-19(24)18-14(4-2)21-17-10-9-13(20)12-23(17)18/h5-10,12H,3-4,11H2,1-2H3,(H,22,24). The van der Waals surface area contributed by atoms with E-state index < -0.39 is 0 Å². The van der Waals surface area contributed by atoms with E-state index in [1.165, 1.54) is 0 Å². The molecule has 1 N–H and O–H groups in total. The predicted octanol–water partition coefficient (Wildman–Crippen LogP) is 4.59. The minimum atomic E-state index is -0.237. The van der Waals surface area contributed by atoms with Crippen LogP contribution in [-0.4, -0.2) is 21.9 Å². The van der Waals surface area contributed by atoms with Crippen LogP contribution in [0.3, 0.4) is 0 Å². The van der Waals surface area contributed by atoms with E-state index in [9.17, 15) is 4.79 Å². The van der Waals surface area contributed by atoms with Gasteiger partial charge in [0.2, 0.25) is 0 Å². The summed E-state index contributed by atoms with van der Waals surface area (Å²) in [5.41, 5.74) is 2.55. The van der Waals surface area contributed by atoms with Crippen molar-refractivity contribution in [2.45, 2.75) is 26.7 Å². The quantitative estimate of drug-likeness (QED) is 0.701. The molecule has 0 aliphatic carbocycles. The van der Waals surface area contributed by atoms with Gasteiger partial charge in [-0.25, -0.2) is 4.98 Å². The lowest BCUT2D eigenvalue weighted by molar-refractivity contribution is 0.102. The van der Waals surface area contributed by atoms with Crippen LogP contribution >= 0.6 is 11.6 Å². The Labute approximate surface area is 151 Å². The molecule has 5 nitrogen and oxygen atoms in total. The molecular formula is C19H20ClN3O2. The molecule has 1 amide bonds. The number of hydrogen-bond acceptors (Lipinski definition) is 3. The van der Waals surface area contributed by atoms with E-state index in [0.717, 1.165) is 12.1 Å². The van der Waals surface area contributed by atoms with Gasteiger partial charge in [0.1, 0.15) is 17.1 Å². The maximum absolute atomic E-state index is 12.9. The van der Waals surface area contributed by atoms with Gasteiger partial charge in [0.15, 0.2) is 0 Å². The Kier molecular flexibility index (Phi) is 5.24. The molecule has 1 aromatic carbocycles. The van der Waals surface area contributed by atoms with Crippen molar-refractivity contribution < 1.29 is 9.53 Å². The van der Waals surface area contributed by atoms with Gasteiger partial charge in [0.25, 0.3) is 5.91 Å². The van der Waals surface area contributed by atoms with E-state index in [-0.39, 0.29) is 5.91 Å². The number of carbonyl (C=O) groups excluding carboxylic acids is 1. The zero-order valence-corrected chi connectivity index (χ0v) is 15.0. The zero-order chi connectivity index (χ0) is 17.8. The number of rotatable bonds is 6. The number of ether oxygens (including phenoxy) is 1. The molecule has 0 saturated heterocycles. The summed E-state index contributed by atoms with van der Waals surface area (Å²) in [5.74, 6) is 0.418. The first-order valence-corrected chi connectivity index (χ1v) is 8.71. The molecule has 3 rings (SSSR count). The van der Waals surface area contributed by atoms with Crippen LogP contribution in [0.25, 0.3) is 5.65 Å². The second kappa shape index (κ2) is 7.57. The van der Waals surface area contributed by atoms with Crippen molar-refractivity contribution in [2.24, 2.45) is 0 Å². The van der Waals surface area contributed by atoms with Crippen LogP contribution < -0.4 is 10.1 Å². The van der Waals surface area contributed by atoms with Gasteiger partial charge in [-0.3, -0.25) is 9.20 Å². The molecule has 2 heterocycles. The Morgan fingerprint density at radius 1 is 1.24 bits per heavy atom. The number of nitrogens with one attached hydrogen (secondary N) is 1. The third-order valence-electron chi connectivity index (χ3n) is 3.80. The molecule has 0 radical (unpaired) electrons. The van der Waals surface area contributed by atoms with Crippen molar-refractivity contribution in [3.63, 3.8) is 0 Å². The fraction of sp³-hybridized carbons (Fsp3) is 0.263. The number of amides is 1. The molecule has 0 fully saturated rings. The molecule has 0 spiro atoms. The van der Waals surface area contributed by atoms with Crippen molar-refractivity contribution in [2.75, 3.05) is 11.9 Å². The van der Waals surface area contributed by atoms with Gasteiger partial charge in [-0.2, -0.15) is 0 Å². The van der Waals surface area contributed by atoms with Gasteiger partial charge in [-0.1, -0.05) is 37.6 Å². The Morgan fingerprint density at radius 3 is 2.80 bits per heavy atom. The largest absolute Gasteiger partial charge is 0.491 e.